The second-order valence-electron chi connectivity index (χ2n) is 6.71. The SMILES string of the molecule is CN1CCC(N2CCN(C(=O)Cn3ccc(C(N)=O)n3)CC2)CC1. The van der Waals surface area contributed by atoms with Gasteiger partial charge in [0.25, 0.3) is 5.91 Å². The van der Waals surface area contributed by atoms with Crippen LogP contribution in [0.5, 0.6) is 0 Å². The first-order valence-electron chi connectivity index (χ1n) is 8.56. The standard InChI is InChI=1S/C16H26N6O2/c1-19-5-2-13(3-6-19)20-8-10-21(11-9-20)15(23)12-22-7-4-14(18-22)16(17)24/h4,7,13H,2-3,5-6,8-12H2,1H3,(H2,17,24). The van der Waals surface area contributed by atoms with Gasteiger partial charge in [-0.05, 0) is 39.0 Å². The van der Waals surface area contributed by atoms with E-state index in [0.717, 1.165) is 39.3 Å². The lowest BCUT2D eigenvalue weighted by Crippen LogP contribution is -2.54. The van der Waals surface area contributed by atoms with E-state index in [4.69, 9.17) is 5.73 Å². The molecule has 0 atom stereocenters. The minimum absolute atomic E-state index is 0.0390. The Bertz CT molecular complexity index is 585. The zero-order chi connectivity index (χ0) is 17.1. The number of rotatable bonds is 4. The van der Waals surface area contributed by atoms with Crippen LogP contribution >= 0.6 is 0 Å². The van der Waals surface area contributed by atoms with Crippen molar-refractivity contribution in [3.63, 3.8) is 0 Å². The van der Waals surface area contributed by atoms with Crippen molar-refractivity contribution >= 4 is 11.8 Å². The molecular formula is C16H26N6O2. The third-order valence-electron chi connectivity index (χ3n) is 5.06. The van der Waals surface area contributed by atoms with Gasteiger partial charge < -0.3 is 15.5 Å². The minimum atomic E-state index is -0.576. The van der Waals surface area contributed by atoms with Crippen molar-refractivity contribution in [2.24, 2.45) is 5.73 Å². The van der Waals surface area contributed by atoms with Crippen molar-refractivity contribution in [1.29, 1.82) is 0 Å². The molecule has 0 unspecified atom stereocenters. The fraction of sp³-hybridized carbons (Fsp3) is 0.688. The first kappa shape index (κ1) is 16.9. The summed E-state index contributed by atoms with van der Waals surface area (Å²) in [6, 6.07) is 2.19. The molecule has 3 heterocycles. The molecule has 2 aliphatic rings. The van der Waals surface area contributed by atoms with Crippen LogP contribution in [0.3, 0.4) is 0 Å². The Morgan fingerprint density at radius 2 is 1.83 bits per heavy atom. The predicted octanol–water partition coefficient (Wildman–Crippen LogP) is -0.780. The highest BCUT2D eigenvalue weighted by molar-refractivity contribution is 5.90. The van der Waals surface area contributed by atoms with E-state index in [1.54, 1.807) is 6.20 Å². The lowest BCUT2D eigenvalue weighted by Gasteiger charge is -2.42. The number of piperazine rings is 1. The zero-order valence-electron chi connectivity index (χ0n) is 14.2. The number of primary amides is 1. The number of hydrogen-bond acceptors (Lipinski definition) is 5. The topological polar surface area (TPSA) is 87.7 Å². The summed E-state index contributed by atoms with van der Waals surface area (Å²) in [5.74, 6) is -0.537. The quantitative estimate of drug-likeness (QED) is 0.780. The normalized spacial score (nSPS) is 21.1. The molecule has 0 aromatic carbocycles. The van der Waals surface area contributed by atoms with Gasteiger partial charge in [-0.2, -0.15) is 5.10 Å². The summed E-state index contributed by atoms with van der Waals surface area (Å²) in [5, 5.41) is 4.02. The highest BCUT2D eigenvalue weighted by Crippen LogP contribution is 2.17. The van der Waals surface area contributed by atoms with Crippen LogP contribution in [0.25, 0.3) is 0 Å². The van der Waals surface area contributed by atoms with Crippen molar-refractivity contribution < 1.29 is 9.59 Å². The van der Waals surface area contributed by atoms with Crippen LogP contribution in [0.2, 0.25) is 0 Å². The summed E-state index contributed by atoms with van der Waals surface area (Å²) in [6.07, 6.45) is 4.05. The van der Waals surface area contributed by atoms with Crippen molar-refractivity contribution in [3.8, 4) is 0 Å². The smallest absolute Gasteiger partial charge is 0.269 e. The maximum Gasteiger partial charge on any atom is 0.269 e. The second kappa shape index (κ2) is 7.31. The molecule has 2 aliphatic heterocycles. The summed E-state index contributed by atoms with van der Waals surface area (Å²) in [7, 11) is 2.17. The molecule has 0 bridgehead atoms. The summed E-state index contributed by atoms with van der Waals surface area (Å²) in [6.45, 7) is 5.86. The molecule has 1 aromatic rings. The first-order chi connectivity index (χ1) is 11.5. The van der Waals surface area contributed by atoms with Gasteiger partial charge in [-0.3, -0.25) is 19.2 Å². The molecule has 2 saturated heterocycles. The van der Waals surface area contributed by atoms with Crippen molar-refractivity contribution in [3.05, 3.63) is 18.0 Å². The van der Waals surface area contributed by atoms with Gasteiger partial charge in [-0.15, -0.1) is 0 Å². The van der Waals surface area contributed by atoms with E-state index in [9.17, 15) is 9.59 Å². The number of nitrogens with zero attached hydrogens (tertiary/aromatic N) is 5. The number of likely N-dealkylation sites (tertiary alicyclic amines) is 1. The molecule has 2 amide bonds. The average molecular weight is 334 g/mol. The summed E-state index contributed by atoms with van der Waals surface area (Å²) in [5.41, 5.74) is 5.37. The number of amides is 2. The van der Waals surface area contributed by atoms with E-state index >= 15 is 0 Å². The third kappa shape index (κ3) is 3.93. The minimum Gasteiger partial charge on any atom is -0.364 e. The Hall–Kier alpha value is -1.93. The number of piperidine rings is 1. The number of hydrogen-bond donors (Lipinski definition) is 1. The number of aromatic nitrogens is 2. The molecule has 24 heavy (non-hydrogen) atoms. The first-order valence-corrected chi connectivity index (χ1v) is 8.56. The van der Waals surface area contributed by atoms with Crippen LogP contribution in [0.1, 0.15) is 23.3 Å². The molecule has 0 saturated carbocycles. The molecule has 3 rings (SSSR count). The molecule has 2 fully saturated rings. The second-order valence-corrected chi connectivity index (χ2v) is 6.71. The molecule has 0 aliphatic carbocycles. The monoisotopic (exact) mass is 334 g/mol. The van der Waals surface area contributed by atoms with Crippen molar-refractivity contribution in [1.82, 2.24) is 24.5 Å². The van der Waals surface area contributed by atoms with Crippen LogP contribution < -0.4 is 5.73 Å². The number of nitrogens with two attached hydrogens (primary N) is 1. The highest BCUT2D eigenvalue weighted by atomic mass is 16.2. The molecule has 0 spiro atoms. The van der Waals surface area contributed by atoms with Gasteiger partial charge >= 0.3 is 0 Å². The van der Waals surface area contributed by atoms with Gasteiger partial charge in [0.15, 0.2) is 0 Å². The van der Waals surface area contributed by atoms with Crippen LogP contribution in [-0.4, -0.2) is 88.7 Å². The van der Waals surface area contributed by atoms with E-state index in [1.807, 2.05) is 4.90 Å². The van der Waals surface area contributed by atoms with Crippen LogP contribution in [0.4, 0.5) is 0 Å². The third-order valence-corrected chi connectivity index (χ3v) is 5.06. The summed E-state index contributed by atoms with van der Waals surface area (Å²) >= 11 is 0. The molecule has 1 aromatic heterocycles. The van der Waals surface area contributed by atoms with E-state index in [0.29, 0.717) is 6.04 Å². The molecule has 0 radical (unpaired) electrons. The molecule has 132 valence electrons. The summed E-state index contributed by atoms with van der Waals surface area (Å²) < 4.78 is 1.48. The number of carbonyl (C=O) groups excluding carboxylic acids is 2. The molecule has 8 heteroatoms. The van der Waals surface area contributed by atoms with Crippen LogP contribution in [-0.2, 0) is 11.3 Å². The van der Waals surface area contributed by atoms with E-state index < -0.39 is 5.91 Å². The Labute approximate surface area is 142 Å². The van der Waals surface area contributed by atoms with Gasteiger partial charge in [-0.1, -0.05) is 0 Å². The predicted molar refractivity (Wildman–Crippen MR) is 89.4 cm³/mol. The maximum absolute atomic E-state index is 12.4. The van der Waals surface area contributed by atoms with Gasteiger partial charge in [0.2, 0.25) is 5.91 Å². The lowest BCUT2D eigenvalue weighted by atomic mass is 10.0. The molecule has 8 nitrogen and oxygen atoms in total. The largest absolute Gasteiger partial charge is 0.364 e. The number of carbonyl (C=O) groups is 2. The average Bonchev–Trinajstić information content (AvgIpc) is 3.04. The van der Waals surface area contributed by atoms with Gasteiger partial charge in [0.05, 0.1) is 0 Å². The Morgan fingerprint density at radius 1 is 1.17 bits per heavy atom. The van der Waals surface area contributed by atoms with Gasteiger partial charge in [-0.25, -0.2) is 0 Å². The van der Waals surface area contributed by atoms with Gasteiger partial charge in [0.1, 0.15) is 12.2 Å². The Morgan fingerprint density at radius 3 is 2.42 bits per heavy atom. The fourth-order valence-electron chi connectivity index (χ4n) is 3.52. The zero-order valence-corrected chi connectivity index (χ0v) is 14.2. The van der Waals surface area contributed by atoms with Crippen molar-refractivity contribution in [2.45, 2.75) is 25.4 Å². The van der Waals surface area contributed by atoms with Gasteiger partial charge in [0, 0.05) is 38.4 Å². The van der Waals surface area contributed by atoms with E-state index in [-0.39, 0.29) is 18.1 Å². The lowest BCUT2D eigenvalue weighted by molar-refractivity contribution is -0.134. The Kier molecular flexibility index (Phi) is 5.15. The summed E-state index contributed by atoms with van der Waals surface area (Å²) in [4.78, 5) is 30.2. The highest BCUT2D eigenvalue weighted by Gasteiger charge is 2.28. The molecule has 2 N–H and O–H groups in total. The van der Waals surface area contributed by atoms with Crippen LogP contribution in [0, 0.1) is 0 Å². The molecular weight excluding hydrogens is 308 g/mol. The fourth-order valence-corrected chi connectivity index (χ4v) is 3.52. The van der Waals surface area contributed by atoms with Crippen molar-refractivity contribution in [2.75, 3.05) is 46.3 Å². The maximum atomic E-state index is 12.4. The Balaban J connectivity index is 1.47. The van der Waals surface area contributed by atoms with E-state index in [1.165, 1.54) is 23.6 Å². The van der Waals surface area contributed by atoms with E-state index in [2.05, 4.69) is 21.9 Å². The van der Waals surface area contributed by atoms with Crippen LogP contribution in [0.15, 0.2) is 12.3 Å².